The van der Waals surface area contributed by atoms with Gasteiger partial charge in [0.25, 0.3) is 0 Å². The second-order valence-corrected chi connectivity index (χ2v) is 8.41. The Bertz CT molecular complexity index is 315. The van der Waals surface area contributed by atoms with E-state index >= 15 is 0 Å². The first-order valence-electron chi connectivity index (χ1n) is 9.01. The lowest BCUT2D eigenvalue weighted by atomic mass is 9.43. The standard InChI is InChI=1S/C18H31N/c19-7-3-6-17-14-8-13-9-15(17)12-18(10-13,11-14)16-4-1-2-5-16/h13-17H,1-12,19H2. The van der Waals surface area contributed by atoms with E-state index in [1.807, 2.05) is 0 Å². The largest absolute Gasteiger partial charge is 0.330 e. The molecule has 5 fully saturated rings. The van der Waals surface area contributed by atoms with Gasteiger partial charge in [0.15, 0.2) is 0 Å². The van der Waals surface area contributed by atoms with Gasteiger partial charge in [0, 0.05) is 0 Å². The minimum atomic E-state index is 0.826. The summed E-state index contributed by atoms with van der Waals surface area (Å²) in [6, 6.07) is 0. The lowest BCUT2D eigenvalue weighted by Gasteiger charge is -2.62. The van der Waals surface area contributed by atoms with Crippen LogP contribution in [0.4, 0.5) is 0 Å². The molecule has 0 radical (unpaired) electrons. The molecule has 1 heteroatoms. The summed E-state index contributed by atoms with van der Waals surface area (Å²) in [4.78, 5) is 0. The average molecular weight is 261 g/mol. The maximum absolute atomic E-state index is 5.76. The smallest absolute Gasteiger partial charge is 0.00772 e. The summed E-state index contributed by atoms with van der Waals surface area (Å²) in [5.41, 5.74) is 6.58. The van der Waals surface area contributed by atoms with Crippen LogP contribution in [0.5, 0.6) is 0 Å². The lowest BCUT2D eigenvalue weighted by Crippen LogP contribution is -2.53. The summed E-state index contributed by atoms with van der Waals surface area (Å²) >= 11 is 0. The van der Waals surface area contributed by atoms with Gasteiger partial charge in [-0.2, -0.15) is 0 Å². The van der Waals surface area contributed by atoms with Gasteiger partial charge < -0.3 is 5.73 Å². The van der Waals surface area contributed by atoms with E-state index in [1.165, 1.54) is 25.7 Å². The van der Waals surface area contributed by atoms with E-state index in [0.29, 0.717) is 0 Å². The van der Waals surface area contributed by atoms with Gasteiger partial charge in [0.2, 0.25) is 0 Å². The molecule has 1 nitrogen and oxygen atoms in total. The van der Waals surface area contributed by atoms with E-state index < -0.39 is 0 Å². The monoisotopic (exact) mass is 261 g/mol. The molecule has 5 aliphatic carbocycles. The van der Waals surface area contributed by atoms with Crippen LogP contribution in [0.15, 0.2) is 0 Å². The molecule has 5 rings (SSSR count). The maximum Gasteiger partial charge on any atom is -0.00772 e. The molecule has 0 aromatic carbocycles. The predicted octanol–water partition coefficient (Wildman–Crippen LogP) is 4.36. The summed E-state index contributed by atoms with van der Waals surface area (Å²) in [7, 11) is 0. The van der Waals surface area contributed by atoms with Crippen LogP contribution in [0.3, 0.4) is 0 Å². The van der Waals surface area contributed by atoms with Crippen LogP contribution in [0.2, 0.25) is 0 Å². The number of hydrogen-bond donors (Lipinski definition) is 1. The zero-order valence-corrected chi connectivity index (χ0v) is 12.4. The Balaban J connectivity index is 1.53. The van der Waals surface area contributed by atoms with Crippen molar-refractivity contribution < 1.29 is 0 Å². The van der Waals surface area contributed by atoms with Crippen LogP contribution in [-0.2, 0) is 0 Å². The van der Waals surface area contributed by atoms with Crippen LogP contribution >= 0.6 is 0 Å². The molecule has 5 saturated carbocycles. The fourth-order valence-corrected chi connectivity index (χ4v) is 7.06. The first-order valence-corrected chi connectivity index (χ1v) is 9.01. The first-order chi connectivity index (χ1) is 9.31. The SMILES string of the molecule is NCCCC1C2CC3CC1CC(C1CCCC1)(C3)C2. The second kappa shape index (κ2) is 4.76. The van der Waals surface area contributed by atoms with Gasteiger partial charge in [-0.3, -0.25) is 0 Å². The Morgan fingerprint density at radius 3 is 2.26 bits per heavy atom. The topological polar surface area (TPSA) is 26.0 Å². The summed E-state index contributed by atoms with van der Waals surface area (Å²) in [6.45, 7) is 0.910. The lowest BCUT2D eigenvalue weighted by molar-refractivity contribution is -0.123. The zero-order chi connectivity index (χ0) is 12.9. The second-order valence-electron chi connectivity index (χ2n) is 8.41. The molecule has 0 saturated heterocycles. The first kappa shape index (κ1) is 12.7. The number of rotatable bonds is 4. The van der Waals surface area contributed by atoms with Gasteiger partial charge in [0.1, 0.15) is 0 Å². The summed E-state index contributed by atoms with van der Waals surface area (Å²) in [6.07, 6.45) is 16.9. The summed E-state index contributed by atoms with van der Waals surface area (Å²) in [5.74, 6) is 5.50. The quantitative estimate of drug-likeness (QED) is 0.799. The predicted molar refractivity (Wildman–Crippen MR) is 79.7 cm³/mol. The van der Waals surface area contributed by atoms with Crippen LogP contribution in [-0.4, -0.2) is 6.54 Å². The van der Waals surface area contributed by atoms with Crippen molar-refractivity contribution in [1.82, 2.24) is 0 Å². The number of hydrogen-bond acceptors (Lipinski definition) is 1. The third-order valence-corrected chi connectivity index (χ3v) is 7.48. The van der Waals surface area contributed by atoms with Crippen LogP contribution < -0.4 is 5.73 Å². The highest BCUT2D eigenvalue weighted by Gasteiger charge is 2.57. The fourth-order valence-electron chi connectivity index (χ4n) is 7.06. The van der Waals surface area contributed by atoms with Gasteiger partial charge in [0.05, 0.1) is 0 Å². The van der Waals surface area contributed by atoms with E-state index in [4.69, 9.17) is 5.73 Å². The molecule has 0 aliphatic heterocycles. The molecular weight excluding hydrogens is 230 g/mol. The van der Waals surface area contributed by atoms with Crippen molar-refractivity contribution in [3.05, 3.63) is 0 Å². The van der Waals surface area contributed by atoms with Crippen LogP contribution in [0.1, 0.15) is 70.6 Å². The minimum absolute atomic E-state index is 0.826. The van der Waals surface area contributed by atoms with Crippen molar-refractivity contribution in [2.24, 2.45) is 40.7 Å². The van der Waals surface area contributed by atoms with Crippen LogP contribution in [0, 0.1) is 35.0 Å². The zero-order valence-electron chi connectivity index (χ0n) is 12.4. The molecule has 0 amide bonds. The van der Waals surface area contributed by atoms with E-state index in [-0.39, 0.29) is 0 Å². The molecule has 0 spiro atoms. The highest BCUT2D eigenvalue weighted by molar-refractivity contribution is 5.07. The van der Waals surface area contributed by atoms with Crippen molar-refractivity contribution in [3.63, 3.8) is 0 Å². The normalized spacial score (nSPS) is 49.1. The average Bonchev–Trinajstić information content (AvgIpc) is 2.92. The highest BCUT2D eigenvalue weighted by atomic mass is 14.6. The molecule has 0 aromatic heterocycles. The fraction of sp³-hybridized carbons (Fsp3) is 1.00. The third kappa shape index (κ3) is 1.99. The molecule has 2 N–H and O–H groups in total. The molecule has 0 heterocycles. The van der Waals surface area contributed by atoms with Crippen molar-refractivity contribution in [3.8, 4) is 0 Å². The van der Waals surface area contributed by atoms with E-state index in [1.54, 1.807) is 44.9 Å². The Labute approximate surface area is 118 Å². The van der Waals surface area contributed by atoms with Crippen LogP contribution in [0.25, 0.3) is 0 Å². The Kier molecular flexibility index (Phi) is 3.17. The van der Waals surface area contributed by atoms with Crippen molar-refractivity contribution in [2.75, 3.05) is 6.54 Å². The van der Waals surface area contributed by atoms with Crippen molar-refractivity contribution >= 4 is 0 Å². The molecule has 4 bridgehead atoms. The molecule has 19 heavy (non-hydrogen) atoms. The molecule has 2 atom stereocenters. The van der Waals surface area contributed by atoms with Gasteiger partial charge in [-0.05, 0) is 99.3 Å². The van der Waals surface area contributed by atoms with E-state index in [0.717, 1.165) is 41.5 Å². The maximum atomic E-state index is 5.76. The van der Waals surface area contributed by atoms with E-state index in [2.05, 4.69) is 0 Å². The number of nitrogens with two attached hydrogens (primary N) is 1. The molecular formula is C18H31N. The molecule has 108 valence electrons. The molecule has 5 aliphatic rings. The van der Waals surface area contributed by atoms with Crippen molar-refractivity contribution in [2.45, 2.75) is 70.6 Å². The molecule has 2 unspecified atom stereocenters. The van der Waals surface area contributed by atoms with Gasteiger partial charge >= 0.3 is 0 Å². The Morgan fingerprint density at radius 2 is 1.63 bits per heavy atom. The third-order valence-electron chi connectivity index (χ3n) is 7.48. The summed E-state index contributed by atoms with van der Waals surface area (Å²) in [5, 5.41) is 0. The Hall–Kier alpha value is -0.0400. The molecule has 0 aromatic rings. The Morgan fingerprint density at radius 1 is 0.947 bits per heavy atom. The minimum Gasteiger partial charge on any atom is -0.330 e. The van der Waals surface area contributed by atoms with Crippen molar-refractivity contribution in [1.29, 1.82) is 0 Å². The summed E-state index contributed by atoms with van der Waals surface area (Å²) < 4.78 is 0. The van der Waals surface area contributed by atoms with Gasteiger partial charge in [-0.1, -0.05) is 12.8 Å². The van der Waals surface area contributed by atoms with Gasteiger partial charge in [-0.15, -0.1) is 0 Å². The van der Waals surface area contributed by atoms with Gasteiger partial charge in [-0.25, -0.2) is 0 Å². The highest BCUT2D eigenvalue weighted by Crippen LogP contribution is 2.67. The van der Waals surface area contributed by atoms with E-state index in [9.17, 15) is 0 Å².